The van der Waals surface area contributed by atoms with E-state index in [1.807, 2.05) is 0 Å². The van der Waals surface area contributed by atoms with Gasteiger partial charge in [-0.3, -0.25) is 0 Å². The molecule has 2 atom stereocenters. The van der Waals surface area contributed by atoms with Gasteiger partial charge in [0.05, 0.1) is 0 Å². The first-order valence-electron chi connectivity index (χ1n) is 7.96. The van der Waals surface area contributed by atoms with E-state index in [-0.39, 0.29) is 17.5 Å². The van der Waals surface area contributed by atoms with Crippen molar-refractivity contribution in [2.24, 2.45) is 5.41 Å². The monoisotopic (exact) mass is 266 g/mol. The van der Waals surface area contributed by atoms with Crippen LogP contribution < -0.4 is 0 Å². The van der Waals surface area contributed by atoms with E-state index in [1.54, 1.807) is 0 Å². The molecule has 0 aliphatic carbocycles. The minimum absolute atomic E-state index is 0.0492. The van der Waals surface area contributed by atoms with E-state index in [0.717, 1.165) is 19.3 Å². The van der Waals surface area contributed by atoms with E-state index in [9.17, 15) is 4.79 Å². The zero-order valence-electron chi connectivity index (χ0n) is 13.0. The third kappa shape index (κ3) is 4.09. The second-order valence-corrected chi connectivity index (χ2v) is 6.05. The van der Waals surface area contributed by atoms with Crippen molar-refractivity contribution in [3.63, 3.8) is 0 Å². The van der Waals surface area contributed by atoms with Gasteiger partial charge in [-0.05, 0) is 19.3 Å². The van der Waals surface area contributed by atoms with Gasteiger partial charge in [-0.25, -0.2) is 4.79 Å². The molecule has 19 heavy (non-hydrogen) atoms. The predicted molar refractivity (Wildman–Crippen MR) is 80.0 cm³/mol. The molecule has 0 aromatic carbocycles. The molecule has 1 aliphatic rings. The molecule has 2 nitrogen and oxygen atoms in total. The normalized spacial score (nSPS) is 26.8. The van der Waals surface area contributed by atoms with Crippen LogP contribution in [0, 0.1) is 5.41 Å². The highest BCUT2D eigenvalue weighted by molar-refractivity contribution is 5.91. The largest absolute Gasteiger partial charge is 0.458 e. The van der Waals surface area contributed by atoms with Crippen molar-refractivity contribution < 1.29 is 9.53 Å². The number of ether oxygens (including phenoxy) is 1. The molecule has 0 unspecified atom stereocenters. The Hall–Kier alpha value is -0.790. The Labute approximate surface area is 118 Å². The topological polar surface area (TPSA) is 26.3 Å². The van der Waals surface area contributed by atoms with E-state index in [1.165, 1.54) is 38.5 Å². The summed E-state index contributed by atoms with van der Waals surface area (Å²) in [5, 5.41) is 0. The minimum atomic E-state index is -0.183. The number of unbranched alkanes of at least 4 members (excludes halogenated alkanes) is 6. The molecule has 0 radical (unpaired) electrons. The van der Waals surface area contributed by atoms with Crippen LogP contribution in [0.1, 0.15) is 78.6 Å². The Morgan fingerprint density at radius 2 is 1.68 bits per heavy atom. The predicted octanol–water partition coefficient (Wildman–Crippen LogP) is 5.03. The van der Waals surface area contributed by atoms with Crippen LogP contribution in [0.2, 0.25) is 0 Å². The average Bonchev–Trinajstić information content (AvgIpc) is 2.63. The van der Waals surface area contributed by atoms with Crippen LogP contribution in [-0.4, -0.2) is 12.1 Å². The van der Waals surface area contributed by atoms with Crippen LogP contribution >= 0.6 is 0 Å². The fourth-order valence-corrected chi connectivity index (χ4v) is 2.86. The van der Waals surface area contributed by atoms with Crippen molar-refractivity contribution in [1.29, 1.82) is 0 Å². The highest BCUT2D eigenvalue weighted by Crippen LogP contribution is 2.43. The van der Waals surface area contributed by atoms with Crippen LogP contribution in [0.25, 0.3) is 0 Å². The van der Waals surface area contributed by atoms with Crippen molar-refractivity contribution in [2.75, 3.05) is 0 Å². The van der Waals surface area contributed by atoms with Gasteiger partial charge in [0.1, 0.15) is 6.10 Å². The van der Waals surface area contributed by atoms with Gasteiger partial charge >= 0.3 is 5.97 Å². The summed E-state index contributed by atoms with van der Waals surface area (Å²) in [6, 6.07) is 0. The fourth-order valence-electron chi connectivity index (χ4n) is 2.86. The molecule has 1 fully saturated rings. The summed E-state index contributed by atoms with van der Waals surface area (Å²) in [7, 11) is 0. The highest BCUT2D eigenvalue weighted by Gasteiger charge is 2.46. The summed E-state index contributed by atoms with van der Waals surface area (Å²) in [6.45, 7) is 10.4. The molecule has 0 bridgehead atoms. The molecule has 2 heteroatoms. The second kappa shape index (κ2) is 7.72. The lowest BCUT2D eigenvalue weighted by Crippen LogP contribution is -2.28. The summed E-state index contributed by atoms with van der Waals surface area (Å²) in [5.74, 6) is -0.183. The Morgan fingerprint density at radius 1 is 1.11 bits per heavy atom. The first-order valence-corrected chi connectivity index (χ1v) is 7.96. The molecule has 0 spiro atoms. The van der Waals surface area contributed by atoms with E-state index in [2.05, 4.69) is 27.4 Å². The molecule has 0 N–H and O–H groups in total. The van der Waals surface area contributed by atoms with Gasteiger partial charge in [0.2, 0.25) is 0 Å². The van der Waals surface area contributed by atoms with Crippen LogP contribution in [0.3, 0.4) is 0 Å². The quantitative estimate of drug-likeness (QED) is 0.332. The number of cyclic esters (lactones) is 1. The maximum Gasteiger partial charge on any atom is 0.334 e. The van der Waals surface area contributed by atoms with Gasteiger partial charge in [-0.2, -0.15) is 0 Å². The van der Waals surface area contributed by atoms with Crippen molar-refractivity contribution in [3.8, 4) is 0 Å². The molecule has 0 aromatic rings. The van der Waals surface area contributed by atoms with Crippen molar-refractivity contribution in [1.82, 2.24) is 0 Å². The molecule has 1 aliphatic heterocycles. The van der Waals surface area contributed by atoms with Crippen LogP contribution in [0.4, 0.5) is 0 Å². The van der Waals surface area contributed by atoms with Crippen molar-refractivity contribution in [2.45, 2.75) is 84.7 Å². The van der Waals surface area contributed by atoms with Gasteiger partial charge in [0, 0.05) is 11.0 Å². The Balaban J connectivity index is 2.25. The smallest absolute Gasteiger partial charge is 0.334 e. The third-order valence-corrected chi connectivity index (χ3v) is 4.70. The Morgan fingerprint density at radius 3 is 2.26 bits per heavy atom. The van der Waals surface area contributed by atoms with E-state index in [4.69, 9.17) is 4.74 Å². The minimum Gasteiger partial charge on any atom is -0.458 e. The zero-order chi connectivity index (χ0) is 14.3. The number of carbonyl (C=O) groups excluding carboxylic acids is 1. The highest BCUT2D eigenvalue weighted by atomic mass is 16.6. The van der Waals surface area contributed by atoms with Crippen molar-refractivity contribution in [3.05, 3.63) is 12.2 Å². The van der Waals surface area contributed by atoms with Crippen LogP contribution in [0.15, 0.2) is 12.2 Å². The lowest BCUT2D eigenvalue weighted by molar-refractivity contribution is -0.140. The summed E-state index contributed by atoms with van der Waals surface area (Å²) in [5.41, 5.74) is 0.530. The lowest BCUT2D eigenvalue weighted by Gasteiger charge is -2.27. The Kier molecular flexibility index (Phi) is 6.60. The molecule has 0 saturated carbocycles. The number of esters is 1. The maximum atomic E-state index is 11.6. The molecule has 1 heterocycles. The van der Waals surface area contributed by atoms with E-state index >= 15 is 0 Å². The van der Waals surface area contributed by atoms with Gasteiger partial charge in [0.15, 0.2) is 0 Å². The molecule has 1 rings (SSSR count). The molecule has 0 amide bonds. The number of carbonyl (C=O) groups is 1. The molecule has 0 aromatic heterocycles. The standard InChI is InChI=1S/C17H30O2/c1-5-7-8-9-10-11-12-13-15-17(4,6-2)14(3)16(18)19-15/h15H,3,5-13H2,1-2,4H3/t15-,17+/m0/s1. The second-order valence-electron chi connectivity index (χ2n) is 6.05. The number of hydrogen-bond donors (Lipinski definition) is 0. The maximum absolute atomic E-state index is 11.6. The van der Waals surface area contributed by atoms with Crippen LogP contribution in [0.5, 0.6) is 0 Å². The lowest BCUT2D eigenvalue weighted by atomic mass is 9.76. The number of hydrogen-bond acceptors (Lipinski definition) is 2. The van der Waals surface area contributed by atoms with Gasteiger partial charge in [0.25, 0.3) is 0 Å². The SMILES string of the molecule is C=C1C(=O)O[C@@H](CCCCCCCCC)[C@]1(C)CC. The summed E-state index contributed by atoms with van der Waals surface area (Å²) < 4.78 is 5.49. The first kappa shape index (κ1) is 16.3. The van der Waals surface area contributed by atoms with Gasteiger partial charge in [-0.1, -0.05) is 65.9 Å². The van der Waals surface area contributed by atoms with E-state index < -0.39 is 0 Å². The molecular formula is C17H30O2. The molecule has 110 valence electrons. The zero-order valence-corrected chi connectivity index (χ0v) is 13.0. The summed E-state index contributed by atoms with van der Waals surface area (Å²) >= 11 is 0. The molecular weight excluding hydrogens is 236 g/mol. The third-order valence-electron chi connectivity index (χ3n) is 4.70. The fraction of sp³-hybridized carbons (Fsp3) is 0.824. The van der Waals surface area contributed by atoms with Gasteiger partial charge < -0.3 is 4.74 Å². The van der Waals surface area contributed by atoms with E-state index in [0.29, 0.717) is 5.57 Å². The summed E-state index contributed by atoms with van der Waals surface area (Å²) in [6.07, 6.45) is 11.0. The van der Waals surface area contributed by atoms with Crippen molar-refractivity contribution >= 4 is 5.97 Å². The van der Waals surface area contributed by atoms with Gasteiger partial charge in [-0.15, -0.1) is 0 Å². The number of rotatable bonds is 9. The first-order chi connectivity index (χ1) is 9.06. The average molecular weight is 266 g/mol. The molecule has 1 saturated heterocycles. The Bertz CT molecular complexity index is 308. The summed E-state index contributed by atoms with van der Waals surface area (Å²) in [4.78, 5) is 11.6. The van der Waals surface area contributed by atoms with Crippen LogP contribution in [-0.2, 0) is 9.53 Å².